The van der Waals surface area contributed by atoms with Crippen molar-refractivity contribution in [2.75, 3.05) is 0 Å². The summed E-state index contributed by atoms with van der Waals surface area (Å²) in [6, 6.07) is 8.21. The van der Waals surface area contributed by atoms with Gasteiger partial charge in [0.1, 0.15) is 17.1 Å². The van der Waals surface area contributed by atoms with Crippen LogP contribution < -0.4 is 10.2 Å². The van der Waals surface area contributed by atoms with Crippen molar-refractivity contribution in [3.63, 3.8) is 0 Å². The fourth-order valence-electron chi connectivity index (χ4n) is 5.38. The summed E-state index contributed by atoms with van der Waals surface area (Å²) in [5, 5.41) is 21.2. The number of nitrogens with one attached hydrogen (secondary N) is 1. The summed E-state index contributed by atoms with van der Waals surface area (Å²) >= 11 is 5.98. The van der Waals surface area contributed by atoms with E-state index in [1.165, 1.54) is 12.3 Å². The number of carboxylic acid groups (broad SMARTS) is 1. The van der Waals surface area contributed by atoms with Crippen LogP contribution in [0.5, 0.6) is 5.75 Å². The predicted molar refractivity (Wildman–Crippen MR) is 138 cm³/mol. The van der Waals surface area contributed by atoms with Gasteiger partial charge in [0, 0.05) is 18.5 Å². The number of hydrogen-bond acceptors (Lipinski definition) is 4. The van der Waals surface area contributed by atoms with Gasteiger partial charge in [-0.15, -0.1) is 0 Å². The molecular weight excluding hydrogens is 485 g/mol. The topological polar surface area (TPSA) is 99.6 Å². The molecule has 0 bridgehead atoms. The number of aliphatic hydroxyl groups is 1. The smallest absolute Gasteiger partial charge is 0.341 e. The molecule has 1 aliphatic rings. The number of aromatic amines is 1. The Morgan fingerprint density at radius 2 is 1.94 bits per heavy atom. The second-order valence-corrected chi connectivity index (χ2v) is 10.3. The van der Waals surface area contributed by atoms with Crippen LogP contribution in [0.4, 0.5) is 4.39 Å². The van der Waals surface area contributed by atoms with Crippen molar-refractivity contribution in [3.8, 4) is 5.75 Å². The lowest BCUT2D eigenvalue weighted by molar-refractivity contribution is 0.0695. The Bertz CT molecular complexity index is 1320. The molecule has 6 nitrogen and oxygen atoms in total. The van der Waals surface area contributed by atoms with Crippen LogP contribution in [0.1, 0.15) is 73.4 Å². The molecule has 8 heteroatoms. The molecule has 0 saturated heterocycles. The van der Waals surface area contributed by atoms with Crippen molar-refractivity contribution in [1.82, 2.24) is 4.98 Å². The van der Waals surface area contributed by atoms with E-state index < -0.39 is 29.2 Å². The van der Waals surface area contributed by atoms with Gasteiger partial charge in [-0.25, -0.2) is 9.18 Å². The third-order valence-electron chi connectivity index (χ3n) is 6.99. The van der Waals surface area contributed by atoms with E-state index in [0.29, 0.717) is 22.4 Å². The van der Waals surface area contributed by atoms with Crippen LogP contribution in [0.2, 0.25) is 5.02 Å². The molecule has 2 unspecified atom stereocenters. The number of aliphatic hydroxyl groups excluding tert-OH is 1. The van der Waals surface area contributed by atoms with Crippen molar-refractivity contribution in [2.45, 2.75) is 70.5 Å². The van der Waals surface area contributed by atoms with Crippen LogP contribution in [0, 0.1) is 11.7 Å². The number of aromatic nitrogens is 1. The summed E-state index contributed by atoms with van der Waals surface area (Å²) in [6.45, 7) is 3.72. The maximum Gasteiger partial charge on any atom is 0.341 e. The third-order valence-corrected chi connectivity index (χ3v) is 7.28. The first-order valence-electron chi connectivity index (χ1n) is 12.4. The molecule has 1 aromatic heterocycles. The van der Waals surface area contributed by atoms with Crippen LogP contribution in [0.15, 0.2) is 41.3 Å². The molecule has 36 heavy (non-hydrogen) atoms. The molecule has 1 heterocycles. The zero-order chi connectivity index (χ0) is 26.0. The van der Waals surface area contributed by atoms with Crippen LogP contribution in [-0.2, 0) is 6.42 Å². The standard InChI is InChI=1S/C28H31ClFNO5/c1-15(2)36-23-13-18(11-19-26(23)31-14-20(27(19)33)28(34)35)24(16-7-4-3-5-8-16)22(32)12-17-9-6-10-21(29)25(17)30/h6,9-11,13-16,22,24,32H,3-5,7-8,12H2,1-2H3,(H,31,33)(H,34,35). The van der Waals surface area contributed by atoms with Crippen molar-refractivity contribution >= 4 is 28.5 Å². The number of hydrogen-bond donors (Lipinski definition) is 3. The van der Waals surface area contributed by atoms with Crippen LogP contribution >= 0.6 is 11.6 Å². The summed E-state index contributed by atoms with van der Waals surface area (Å²) in [4.78, 5) is 27.7. The van der Waals surface area contributed by atoms with Crippen molar-refractivity contribution in [3.05, 3.63) is 74.3 Å². The number of carbonyl (C=O) groups is 1. The molecule has 0 aliphatic heterocycles. The van der Waals surface area contributed by atoms with Crippen LogP contribution in [0.25, 0.3) is 10.9 Å². The Labute approximate surface area is 214 Å². The summed E-state index contributed by atoms with van der Waals surface area (Å²) in [6.07, 6.45) is 5.01. The van der Waals surface area contributed by atoms with Crippen molar-refractivity contribution < 1.29 is 24.1 Å². The van der Waals surface area contributed by atoms with E-state index >= 15 is 0 Å². The minimum Gasteiger partial charge on any atom is -0.489 e. The highest BCUT2D eigenvalue weighted by molar-refractivity contribution is 6.30. The lowest BCUT2D eigenvalue weighted by Crippen LogP contribution is -2.30. The minimum atomic E-state index is -1.32. The number of ether oxygens (including phenoxy) is 1. The molecule has 3 aromatic rings. The Morgan fingerprint density at radius 1 is 1.22 bits per heavy atom. The number of H-pyrrole nitrogens is 1. The fraction of sp³-hybridized carbons (Fsp3) is 0.429. The second-order valence-electron chi connectivity index (χ2n) is 9.85. The zero-order valence-electron chi connectivity index (χ0n) is 20.4. The predicted octanol–water partition coefficient (Wildman–Crippen LogP) is 6.07. The first kappa shape index (κ1) is 26.2. The van der Waals surface area contributed by atoms with Crippen molar-refractivity contribution in [1.29, 1.82) is 0 Å². The normalized spacial score (nSPS) is 16.3. The molecule has 192 valence electrons. The van der Waals surface area contributed by atoms with Gasteiger partial charge in [-0.2, -0.15) is 0 Å². The largest absolute Gasteiger partial charge is 0.489 e. The van der Waals surface area contributed by atoms with E-state index in [0.717, 1.165) is 32.1 Å². The van der Waals surface area contributed by atoms with Gasteiger partial charge in [0.2, 0.25) is 5.43 Å². The van der Waals surface area contributed by atoms with E-state index in [1.807, 2.05) is 19.9 Å². The third kappa shape index (κ3) is 5.42. The maximum absolute atomic E-state index is 14.7. The van der Waals surface area contributed by atoms with Gasteiger partial charge in [0.05, 0.1) is 28.1 Å². The van der Waals surface area contributed by atoms with Gasteiger partial charge in [0.15, 0.2) is 0 Å². The number of fused-ring (bicyclic) bond motifs is 1. The molecule has 0 radical (unpaired) electrons. The van der Waals surface area contributed by atoms with E-state index in [4.69, 9.17) is 16.3 Å². The molecule has 1 fully saturated rings. The Balaban J connectivity index is 1.87. The second kappa shape index (κ2) is 11.0. The number of rotatable bonds is 8. The number of halogens is 2. The SMILES string of the molecule is CC(C)Oc1cc(C(C(O)Cc2cccc(Cl)c2F)C2CCCCC2)cc2c(=O)c(C(=O)O)c[nH]c12. The Hall–Kier alpha value is -2.90. The molecule has 4 rings (SSSR count). The molecule has 0 amide bonds. The highest BCUT2D eigenvalue weighted by atomic mass is 35.5. The maximum atomic E-state index is 14.7. The lowest BCUT2D eigenvalue weighted by atomic mass is 9.73. The Morgan fingerprint density at radius 3 is 2.61 bits per heavy atom. The van der Waals surface area contributed by atoms with Gasteiger partial charge in [0.25, 0.3) is 0 Å². The van der Waals surface area contributed by atoms with Crippen LogP contribution in [0.3, 0.4) is 0 Å². The number of pyridine rings is 1. The molecule has 2 aromatic carbocycles. The molecule has 2 atom stereocenters. The lowest BCUT2D eigenvalue weighted by Gasteiger charge is -2.34. The van der Waals surface area contributed by atoms with Gasteiger partial charge >= 0.3 is 5.97 Å². The van der Waals surface area contributed by atoms with E-state index in [2.05, 4.69) is 4.98 Å². The summed E-state index contributed by atoms with van der Waals surface area (Å²) in [5.74, 6) is -1.76. The van der Waals surface area contributed by atoms with Crippen molar-refractivity contribution in [2.24, 2.45) is 5.92 Å². The van der Waals surface area contributed by atoms with E-state index in [1.54, 1.807) is 18.2 Å². The van der Waals surface area contributed by atoms with Gasteiger partial charge in [-0.05, 0) is 61.9 Å². The first-order valence-corrected chi connectivity index (χ1v) is 12.8. The zero-order valence-corrected chi connectivity index (χ0v) is 21.1. The summed E-state index contributed by atoms with van der Waals surface area (Å²) in [7, 11) is 0. The number of carboxylic acids is 1. The summed E-state index contributed by atoms with van der Waals surface area (Å²) < 4.78 is 20.7. The number of benzene rings is 2. The monoisotopic (exact) mass is 515 g/mol. The quantitative estimate of drug-likeness (QED) is 0.338. The molecule has 1 saturated carbocycles. The van der Waals surface area contributed by atoms with E-state index in [9.17, 15) is 24.2 Å². The molecule has 0 spiro atoms. The summed E-state index contributed by atoms with van der Waals surface area (Å²) in [5.41, 5.74) is 0.407. The molecule has 3 N–H and O–H groups in total. The van der Waals surface area contributed by atoms with Gasteiger partial charge in [-0.3, -0.25) is 4.79 Å². The number of aromatic carboxylic acids is 1. The van der Waals surface area contributed by atoms with Crippen LogP contribution in [-0.4, -0.2) is 33.4 Å². The average Bonchev–Trinajstić information content (AvgIpc) is 2.83. The fourth-order valence-corrected chi connectivity index (χ4v) is 5.57. The highest BCUT2D eigenvalue weighted by Gasteiger charge is 2.33. The average molecular weight is 516 g/mol. The van der Waals surface area contributed by atoms with Gasteiger partial charge < -0.3 is 19.9 Å². The highest BCUT2D eigenvalue weighted by Crippen LogP contribution is 2.41. The van der Waals surface area contributed by atoms with E-state index in [-0.39, 0.29) is 34.4 Å². The van der Waals surface area contributed by atoms with Gasteiger partial charge in [-0.1, -0.05) is 43.0 Å². The Kier molecular flexibility index (Phi) is 8.00. The first-order chi connectivity index (χ1) is 17.2. The molecular formula is C28H31ClFNO5. The molecule has 1 aliphatic carbocycles. The minimum absolute atomic E-state index is 0.0000230.